The van der Waals surface area contributed by atoms with E-state index in [-0.39, 0.29) is 24.8 Å². The summed E-state index contributed by atoms with van der Waals surface area (Å²) in [5.41, 5.74) is 1.30. The van der Waals surface area contributed by atoms with Crippen LogP contribution < -0.4 is 19.5 Å². The van der Waals surface area contributed by atoms with E-state index in [0.29, 0.717) is 46.7 Å². The fourth-order valence-corrected chi connectivity index (χ4v) is 3.19. The Morgan fingerprint density at radius 3 is 2.79 bits per heavy atom. The zero-order chi connectivity index (χ0) is 20.8. The SMILES string of the molecule is COc1cccc(NC(=O)CN(C)C(=O)Cc2cc(Cl)c3c(c2)OCCCO3)c1. The van der Waals surface area contributed by atoms with Crippen molar-refractivity contribution in [3.8, 4) is 17.2 Å². The number of amides is 2. The van der Waals surface area contributed by atoms with Crippen molar-refractivity contribution in [2.24, 2.45) is 0 Å². The third-order valence-corrected chi connectivity index (χ3v) is 4.66. The predicted molar refractivity (Wildman–Crippen MR) is 110 cm³/mol. The second kappa shape index (κ2) is 9.52. The van der Waals surface area contributed by atoms with Crippen LogP contribution >= 0.6 is 11.6 Å². The highest BCUT2D eigenvalue weighted by Crippen LogP contribution is 2.38. The highest BCUT2D eigenvalue weighted by Gasteiger charge is 2.19. The van der Waals surface area contributed by atoms with Crippen LogP contribution in [0.15, 0.2) is 36.4 Å². The summed E-state index contributed by atoms with van der Waals surface area (Å²) < 4.78 is 16.4. The Bertz CT molecular complexity index is 903. The van der Waals surface area contributed by atoms with Gasteiger partial charge in [-0.05, 0) is 29.8 Å². The molecule has 2 amide bonds. The van der Waals surface area contributed by atoms with Crippen LogP contribution in [0.25, 0.3) is 0 Å². The van der Waals surface area contributed by atoms with Crippen molar-refractivity contribution >= 4 is 29.1 Å². The first-order chi connectivity index (χ1) is 14.0. The molecule has 0 aromatic heterocycles. The van der Waals surface area contributed by atoms with Crippen molar-refractivity contribution in [2.75, 3.05) is 39.2 Å². The minimum Gasteiger partial charge on any atom is -0.497 e. The molecule has 1 N–H and O–H groups in total. The molecular formula is C21H23ClN2O5. The standard InChI is InChI=1S/C21H23ClN2O5/c1-24(13-19(25)23-15-5-3-6-16(12-15)27-2)20(26)11-14-9-17(22)21-18(10-14)28-7-4-8-29-21/h3,5-6,9-10,12H,4,7-8,11,13H2,1-2H3,(H,23,25). The van der Waals surface area contributed by atoms with Gasteiger partial charge in [0.25, 0.3) is 0 Å². The number of benzene rings is 2. The van der Waals surface area contributed by atoms with Crippen LogP contribution in [0.4, 0.5) is 5.69 Å². The molecule has 154 valence electrons. The summed E-state index contributed by atoms with van der Waals surface area (Å²) in [6.07, 6.45) is 0.865. The lowest BCUT2D eigenvalue weighted by atomic mass is 10.1. The van der Waals surface area contributed by atoms with Gasteiger partial charge in [-0.3, -0.25) is 9.59 Å². The Labute approximate surface area is 174 Å². The largest absolute Gasteiger partial charge is 0.497 e. The molecule has 8 heteroatoms. The Balaban J connectivity index is 1.59. The molecule has 0 fully saturated rings. The molecule has 0 saturated carbocycles. The zero-order valence-electron chi connectivity index (χ0n) is 16.4. The smallest absolute Gasteiger partial charge is 0.243 e. The third-order valence-electron chi connectivity index (χ3n) is 4.38. The number of hydrogen-bond acceptors (Lipinski definition) is 5. The molecule has 0 spiro atoms. The van der Waals surface area contributed by atoms with Crippen molar-refractivity contribution in [2.45, 2.75) is 12.8 Å². The van der Waals surface area contributed by atoms with Crippen LogP contribution in [0.5, 0.6) is 17.2 Å². The number of carbonyl (C=O) groups excluding carboxylic acids is 2. The molecule has 2 aromatic carbocycles. The topological polar surface area (TPSA) is 77.1 Å². The number of nitrogens with one attached hydrogen (secondary N) is 1. The van der Waals surface area contributed by atoms with Gasteiger partial charge in [0.05, 0.1) is 38.3 Å². The van der Waals surface area contributed by atoms with Gasteiger partial charge in [-0.2, -0.15) is 0 Å². The molecule has 2 aromatic rings. The average molecular weight is 419 g/mol. The Kier molecular flexibility index (Phi) is 6.82. The number of fused-ring (bicyclic) bond motifs is 1. The lowest BCUT2D eigenvalue weighted by Crippen LogP contribution is -2.35. The van der Waals surface area contributed by atoms with E-state index in [9.17, 15) is 9.59 Å². The summed E-state index contributed by atoms with van der Waals surface area (Å²) in [6.45, 7) is 0.996. The molecule has 29 heavy (non-hydrogen) atoms. The maximum Gasteiger partial charge on any atom is 0.243 e. The van der Waals surface area contributed by atoms with Crippen molar-refractivity contribution in [1.82, 2.24) is 4.90 Å². The summed E-state index contributed by atoms with van der Waals surface area (Å²) in [7, 11) is 3.14. The number of hydrogen-bond donors (Lipinski definition) is 1. The van der Waals surface area contributed by atoms with E-state index in [1.807, 2.05) is 0 Å². The Morgan fingerprint density at radius 1 is 1.21 bits per heavy atom. The first kappa shape index (κ1) is 20.8. The fraction of sp³-hybridized carbons (Fsp3) is 0.333. The van der Waals surface area contributed by atoms with Gasteiger partial charge in [-0.1, -0.05) is 17.7 Å². The first-order valence-electron chi connectivity index (χ1n) is 9.22. The molecule has 0 bridgehead atoms. The summed E-state index contributed by atoms with van der Waals surface area (Å²) in [5, 5.41) is 3.16. The molecule has 1 aliphatic rings. The molecule has 7 nitrogen and oxygen atoms in total. The maximum absolute atomic E-state index is 12.6. The van der Waals surface area contributed by atoms with E-state index in [1.54, 1.807) is 50.6 Å². The van der Waals surface area contributed by atoms with E-state index in [1.165, 1.54) is 4.90 Å². The summed E-state index contributed by atoms with van der Waals surface area (Å²) in [6, 6.07) is 10.5. The molecule has 1 aliphatic heterocycles. The van der Waals surface area contributed by atoms with Crippen molar-refractivity contribution < 1.29 is 23.8 Å². The zero-order valence-corrected chi connectivity index (χ0v) is 17.1. The normalized spacial score (nSPS) is 12.7. The van der Waals surface area contributed by atoms with Crippen LogP contribution in [0.1, 0.15) is 12.0 Å². The van der Waals surface area contributed by atoms with Gasteiger partial charge >= 0.3 is 0 Å². The number of rotatable bonds is 6. The lowest BCUT2D eigenvalue weighted by Gasteiger charge is -2.18. The summed E-state index contributed by atoms with van der Waals surface area (Å²) >= 11 is 6.28. The first-order valence-corrected chi connectivity index (χ1v) is 9.60. The number of ether oxygens (including phenoxy) is 3. The third kappa shape index (κ3) is 5.54. The lowest BCUT2D eigenvalue weighted by molar-refractivity contribution is -0.132. The second-order valence-corrected chi connectivity index (χ2v) is 7.07. The minimum absolute atomic E-state index is 0.0751. The van der Waals surface area contributed by atoms with Gasteiger partial charge in [0.15, 0.2) is 11.5 Å². The number of methoxy groups -OCH3 is 1. The molecule has 0 atom stereocenters. The quantitative estimate of drug-likeness (QED) is 0.779. The summed E-state index contributed by atoms with van der Waals surface area (Å²) in [5.74, 6) is 1.17. The number of halogens is 1. The van der Waals surface area contributed by atoms with E-state index >= 15 is 0 Å². The number of anilines is 1. The predicted octanol–water partition coefficient (Wildman–Crippen LogP) is 3.15. The van der Waals surface area contributed by atoms with Crippen LogP contribution in [-0.4, -0.2) is 50.6 Å². The highest BCUT2D eigenvalue weighted by molar-refractivity contribution is 6.32. The molecule has 0 aliphatic carbocycles. The summed E-state index contributed by atoms with van der Waals surface area (Å²) in [4.78, 5) is 26.2. The van der Waals surface area contributed by atoms with Crippen LogP contribution in [0.3, 0.4) is 0 Å². The van der Waals surface area contributed by atoms with Gasteiger partial charge in [-0.25, -0.2) is 0 Å². The Morgan fingerprint density at radius 2 is 2.00 bits per heavy atom. The van der Waals surface area contributed by atoms with Crippen molar-refractivity contribution in [3.63, 3.8) is 0 Å². The second-order valence-electron chi connectivity index (χ2n) is 6.66. The highest BCUT2D eigenvalue weighted by atomic mass is 35.5. The van der Waals surface area contributed by atoms with Gasteiger partial charge in [-0.15, -0.1) is 0 Å². The monoisotopic (exact) mass is 418 g/mol. The number of likely N-dealkylation sites (N-methyl/N-ethyl adjacent to an activating group) is 1. The van der Waals surface area contributed by atoms with Crippen molar-refractivity contribution in [3.05, 3.63) is 47.0 Å². The van der Waals surface area contributed by atoms with Gasteiger partial charge in [0, 0.05) is 25.2 Å². The minimum atomic E-state index is -0.300. The van der Waals surface area contributed by atoms with E-state index in [4.69, 9.17) is 25.8 Å². The molecular weight excluding hydrogens is 396 g/mol. The van der Waals surface area contributed by atoms with E-state index in [0.717, 1.165) is 6.42 Å². The van der Waals surface area contributed by atoms with Crippen LogP contribution in [0, 0.1) is 0 Å². The van der Waals surface area contributed by atoms with Crippen LogP contribution in [0.2, 0.25) is 5.02 Å². The van der Waals surface area contributed by atoms with Crippen molar-refractivity contribution in [1.29, 1.82) is 0 Å². The molecule has 0 radical (unpaired) electrons. The van der Waals surface area contributed by atoms with Gasteiger partial charge < -0.3 is 24.4 Å². The average Bonchev–Trinajstić information content (AvgIpc) is 2.93. The van der Waals surface area contributed by atoms with Gasteiger partial charge in [0.2, 0.25) is 11.8 Å². The Hall–Kier alpha value is -2.93. The molecule has 3 rings (SSSR count). The molecule has 0 saturated heterocycles. The molecule has 1 heterocycles. The maximum atomic E-state index is 12.6. The van der Waals surface area contributed by atoms with E-state index < -0.39 is 0 Å². The van der Waals surface area contributed by atoms with E-state index in [2.05, 4.69) is 5.32 Å². The van der Waals surface area contributed by atoms with Crippen LogP contribution in [-0.2, 0) is 16.0 Å². The number of nitrogens with zero attached hydrogens (tertiary/aromatic N) is 1. The number of carbonyl (C=O) groups is 2. The molecule has 0 unspecified atom stereocenters. The fourth-order valence-electron chi connectivity index (χ4n) is 2.90. The van der Waals surface area contributed by atoms with Gasteiger partial charge in [0.1, 0.15) is 5.75 Å².